The Kier molecular flexibility index (Phi) is 3.67. The molecular formula is C19H19N3O2S. The molecule has 6 heteroatoms. The fourth-order valence-electron chi connectivity index (χ4n) is 3.31. The molecule has 25 heavy (non-hydrogen) atoms. The van der Waals surface area contributed by atoms with E-state index in [9.17, 15) is 8.42 Å². The number of H-pyrrole nitrogens is 1. The zero-order valence-corrected chi connectivity index (χ0v) is 14.9. The molecule has 128 valence electrons. The van der Waals surface area contributed by atoms with Gasteiger partial charge in [0.15, 0.2) is 0 Å². The Morgan fingerprint density at radius 3 is 2.52 bits per heavy atom. The predicted octanol–water partition coefficient (Wildman–Crippen LogP) is 3.35. The summed E-state index contributed by atoms with van der Waals surface area (Å²) >= 11 is 0. The molecule has 0 aliphatic carbocycles. The van der Waals surface area contributed by atoms with Crippen molar-refractivity contribution < 1.29 is 8.42 Å². The van der Waals surface area contributed by atoms with Crippen LogP contribution in [0.25, 0.3) is 17.0 Å². The lowest BCUT2D eigenvalue weighted by atomic mass is 9.92. The molecule has 1 aromatic heterocycles. The van der Waals surface area contributed by atoms with E-state index in [-0.39, 0.29) is 0 Å². The van der Waals surface area contributed by atoms with Gasteiger partial charge >= 0.3 is 10.2 Å². The Balaban J connectivity index is 1.98. The van der Waals surface area contributed by atoms with Crippen molar-refractivity contribution in [3.8, 4) is 0 Å². The molecular weight excluding hydrogens is 334 g/mol. The molecule has 1 N–H and O–H groups in total. The van der Waals surface area contributed by atoms with Crippen molar-refractivity contribution in [2.24, 2.45) is 0 Å². The number of aromatic amines is 1. The highest BCUT2D eigenvalue weighted by Gasteiger charge is 2.35. The zero-order valence-electron chi connectivity index (χ0n) is 14.0. The van der Waals surface area contributed by atoms with Crippen molar-refractivity contribution in [1.82, 2.24) is 13.6 Å². The minimum atomic E-state index is -3.62. The lowest BCUT2D eigenvalue weighted by Crippen LogP contribution is -2.40. The molecule has 5 nitrogen and oxygen atoms in total. The topological polar surface area (TPSA) is 56.4 Å². The van der Waals surface area contributed by atoms with Crippen LogP contribution in [0, 0.1) is 0 Å². The number of benzene rings is 2. The van der Waals surface area contributed by atoms with Gasteiger partial charge in [-0.2, -0.15) is 12.7 Å². The smallest absolute Gasteiger partial charge is 0.303 e. The highest BCUT2D eigenvalue weighted by molar-refractivity contribution is 7.86. The lowest BCUT2D eigenvalue weighted by molar-refractivity contribution is 0.403. The van der Waals surface area contributed by atoms with Crippen LogP contribution in [-0.4, -0.2) is 36.1 Å². The monoisotopic (exact) mass is 353 g/mol. The summed E-state index contributed by atoms with van der Waals surface area (Å²) in [6, 6.07) is 15.4. The number of rotatable bonds is 3. The third-order valence-electron chi connectivity index (χ3n) is 4.59. The van der Waals surface area contributed by atoms with Gasteiger partial charge in [-0.15, -0.1) is 0 Å². The maximum Gasteiger partial charge on any atom is 0.303 e. The van der Waals surface area contributed by atoms with Gasteiger partial charge in [0.2, 0.25) is 0 Å². The molecule has 0 saturated heterocycles. The highest BCUT2D eigenvalue weighted by Crippen LogP contribution is 2.40. The zero-order chi connectivity index (χ0) is 17.6. The molecule has 1 aliphatic rings. The number of para-hydroxylation sites is 1. The van der Waals surface area contributed by atoms with Gasteiger partial charge in [0.25, 0.3) is 0 Å². The van der Waals surface area contributed by atoms with Crippen LogP contribution in [0.15, 0.2) is 60.9 Å². The Bertz CT molecular complexity index is 1070. The van der Waals surface area contributed by atoms with E-state index < -0.39 is 16.3 Å². The number of fused-ring (bicyclic) bond motifs is 2. The summed E-state index contributed by atoms with van der Waals surface area (Å²) in [5.74, 6) is 0. The molecule has 0 fully saturated rings. The van der Waals surface area contributed by atoms with Gasteiger partial charge < -0.3 is 4.98 Å². The predicted molar refractivity (Wildman–Crippen MR) is 100 cm³/mol. The van der Waals surface area contributed by atoms with E-state index in [2.05, 4.69) is 4.98 Å². The second-order valence-corrected chi connectivity index (χ2v) is 8.30. The number of hydrogen-bond donors (Lipinski definition) is 1. The molecule has 0 unspecified atom stereocenters. The van der Waals surface area contributed by atoms with Gasteiger partial charge in [0.05, 0.1) is 6.04 Å². The van der Waals surface area contributed by atoms with Crippen molar-refractivity contribution in [3.63, 3.8) is 0 Å². The third kappa shape index (κ3) is 2.45. The fraction of sp³-hybridized carbons (Fsp3) is 0.158. The largest absolute Gasteiger partial charge is 0.361 e. The van der Waals surface area contributed by atoms with Gasteiger partial charge in [0, 0.05) is 43.0 Å². The summed E-state index contributed by atoms with van der Waals surface area (Å²) in [7, 11) is -0.517. The maximum atomic E-state index is 12.9. The van der Waals surface area contributed by atoms with Crippen LogP contribution < -0.4 is 0 Å². The SMILES string of the molecule is CN(C)S(=O)(=O)N1C=Cc2ccccc2[C@@H]1c1c[nH]c2ccccc12. The van der Waals surface area contributed by atoms with Crippen LogP contribution in [-0.2, 0) is 10.2 Å². The van der Waals surface area contributed by atoms with Crippen LogP contribution >= 0.6 is 0 Å². The van der Waals surface area contributed by atoms with E-state index in [0.29, 0.717) is 0 Å². The first-order valence-corrected chi connectivity index (χ1v) is 9.44. The van der Waals surface area contributed by atoms with Gasteiger partial charge in [0.1, 0.15) is 0 Å². The maximum absolute atomic E-state index is 12.9. The first kappa shape index (κ1) is 15.9. The molecule has 2 heterocycles. The molecule has 0 bridgehead atoms. The normalized spacial score (nSPS) is 17.2. The molecule has 0 amide bonds. The molecule has 0 saturated carbocycles. The van der Waals surface area contributed by atoms with Crippen LogP contribution in [0.5, 0.6) is 0 Å². The molecule has 1 atom stereocenters. The fourth-order valence-corrected chi connectivity index (χ4v) is 4.40. The number of nitrogens with one attached hydrogen (secondary N) is 1. The standard InChI is InChI=1S/C19H19N3O2S/c1-21(2)25(23,24)22-12-11-14-7-3-4-8-15(14)19(22)17-13-20-18-10-6-5-9-16(17)18/h3-13,19-20H,1-2H3/t19-/m1/s1. The first-order chi connectivity index (χ1) is 12.0. The van der Waals surface area contributed by atoms with E-state index in [1.807, 2.05) is 60.8 Å². The van der Waals surface area contributed by atoms with Gasteiger partial charge in [-0.1, -0.05) is 42.5 Å². The molecule has 3 aromatic rings. The van der Waals surface area contributed by atoms with Crippen LogP contribution in [0.4, 0.5) is 0 Å². The van der Waals surface area contributed by atoms with E-state index in [1.165, 1.54) is 8.61 Å². The van der Waals surface area contributed by atoms with E-state index >= 15 is 0 Å². The first-order valence-electron chi connectivity index (χ1n) is 8.04. The Hall–Kier alpha value is -2.57. The van der Waals surface area contributed by atoms with E-state index in [0.717, 1.165) is 27.6 Å². The van der Waals surface area contributed by atoms with Crippen molar-refractivity contribution >= 4 is 27.2 Å². The summed E-state index contributed by atoms with van der Waals surface area (Å²) in [5, 5.41) is 1.02. The molecule has 2 aromatic carbocycles. The minimum absolute atomic E-state index is 0.412. The van der Waals surface area contributed by atoms with Crippen LogP contribution in [0.3, 0.4) is 0 Å². The van der Waals surface area contributed by atoms with Gasteiger partial charge in [-0.25, -0.2) is 0 Å². The van der Waals surface area contributed by atoms with Crippen molar-refractivity contribution in [2.75, 3.05) is 14.1 Å². The molecule has 4 rings (SSSR count). The van der Waals surface area contributed by atoms with Gasteiger partial charge in [-0.05, 0) is 23.3 Å². The highest BCUT2D eigenvalue weighted by atomic mass is 32.2. The summed E-state index contributed by atoms with van der Waals surface area (Å²) in [5.41, 5.74) is 3.94. The number of nitrogens with zero attached hydrogens (tertiary/aromatic N) is 2. The Morgan fingerprint density at radius 1 is 1.00 bits per heavy atom. The Labute approximate surface area is 147 Å². The van der Waals surface area contributed by atoms with Crippen molar-refractivity contribution in [3.05, 3.63) is 77.6 Å². The summed E-state index contributed by atoms with van der Waals surface area (Å²) in [4.78, 5) is 3.26. The Morgan fingerprint density at radius 2 is 1.72 bits per heavy atom. The minimum Gasteiger partial charge on any atom is -0.361 e. The average molecular weight is 353 g/mol. The summed E-state index contributed by atoms with van der Waals surface area (Å²) in [6.45, 7) is 0. The second-order valence-electron chi connectivity index (χ2n) is 6.26. The van der Waals surface area contributed by atoms with Crippen molar-refractivity contribution in [2.45, 2.75) is 6.04 Å². The molecule has 0 radical (unpaired) electrons. The second kappa shape index (κ2) is 5.75. The number of aromatic nitrogens is 1. The van der Waals surface area contributed by atoms with E-state index in [1.54, 1.807) is 20.3 Å². The van der Waals surface area contributed by atoms with Gasteiger partial charge in [-0.3, -0.25) is 4.31 Å². The summed E-state index contributed by atoms with van der Waals surface area (Å²) < 4.78 is 28.5. The molecule has 0 spiro atoms. The lowest BCUT2D eigenvalue weighted by Gasteiger charge is -2.35. The molecule has 1 aliphatic heterocycles. The number of hydrogen-bond acceptors (Lipinski definition) is 2. The van der Waals surface area contributed by atoms with Crippen LogP contribution in [0.2, 0.25) is 0 Å². The van der Waals surface area contributed by atoms with Crippen LogP contribution in [0.1, 0.15) is 22.7 Å². The average Bonchev–Trinajstić information content (AvgIpc) is 3.04. The quantitative estimate of drug-likeness (QED) is 0.785. The third-order valence-corrected chi connectivity index (χ3v) is 6.38. The summed E-state index contributed by atoms with van der Waals surface area (Å²) in [6.07, 6.45) is 5.41. The van der Waals surface area contributed by atoms with Crippen molar-refractivity contribution in [1.29, 1.82) is 0 Å². The van der Waals surface area contributed by atoms with E-state index in [4.69, 9.17) is 0 Å².